The van der Waals surface area contributed by atoms with Gasteiger partial charge in [-0.1, -0.05) is 25.3 Å². The smallest absolute Gasteiger partial charge is 0.155 e. The van der Waals surface area contributed by atoms with Gasteiger partial charge in [-0.3, -0.25) is 9.98 Å². The van der Waals surface area contributed by atoms with Crippen LogP contribution in [0.3, 0.4) is 0 Å². The van der Waals surface area contributed by atoms with Crippen molar-refractivity contribution in [3.63, 3.8) is 0 Å². The highest BCUT2D eigenvalue weighted by molar-refractivity contribution is 5.65. The molecule has 1 aliphatic rings. The van der Waals surface area contributed by atoms with Crippen LogP contribution in [-0.4, -0.2) is 22.7 Å². The van der Waals surface area contributed by atoms with Crippen LogP contribution in [0.5, 0.6) is 0 Å². The Morgan fingerprint density at radius 2 is 2.04 bits per heavy atom. The number of aryl methyl sites for hydroxylation is 1. The van der Waals surface area contributed by atoms with E-state index < -0.39 is 0 Å². The van der Waals surface area contributed by atoms with Crippen molar-refractivity contribution in [1.82, 2.24) is 9.97 Å². The summed E-state index contributed by atoms with van der Waals surface area (Å²) in [6, 6.07) is 8.63. The van der Waals surface area contributed by atoms with E-state index in [-0.39, 0.29) is 0 Å². The van der Waals surface area contributed by atoms with Crippen LogP contribution in [0, 0.1) is 6.92 Å². The molecule has 23 heavy (non-hydrogen) atoms. The van der Waals surface area contributed by atoms with Gasteiger partial charge in [0, 0.05) is 18.4 Å². The maximum absolute atomic E-state index is 4.69. The lowest BCUT2D eigenvalue weighted by Crippen LogP contribution is -2.37. The standard InChI is InChI=1S/C19H24N4/c1-15-12-18(20-2)19(22-13-15)23(17-9-4-3-5-10-17)14-16-8-6-7-11-21-16/h6-8,11-13,17H,2-5,9-10,14H2,1H3. The fourth-order valence-corrected chi connectivity index (χ4v) is 3.32. The van der Waals surface area contributed by atoms with E-state index in [0.29, 0.717) is 6.04 Å². The van der Waals surface area contributed by atoms with Gasteiger partial charge in [-0.15, -0.1) is 0 Å². The predicted octanol–water partition coefficient (Wildman–Crippen LogP) is 4.46. The molecule has 120 valence electrons. The first-order valence-corrected chi connectivity index (χ1v) is 8.38. The monoisotopic (exact) mass is 308 g/mol. The second-order valence-corrected chi connectivity index (χ2v) is 6.25. The number of nitrogens with zero attached hydrogens (tertiary/aromatic N) is 4. The largest absolute Gasteiger partial charge is 0.346 e. The Morgan fingerprint density at radius 3 is 2.74 bits per heavy atom. The molecule has 1 fully saturated rings. The molecule has 3 rings (SSSR count). The van der Waals surface area contributed by atoms with Crippen LogP contribution in [0.25, 0.3) is 0 Å². The molecule has 1 saturated carbocycles. The number of rotatable bonds is 5. The Morgan fingerprint density at radius 1 is 1.22 bits per heavy atom. The summed E-state index contributed by atoms with van der Waals surface area (Å²) in [7, 11) is 0. The van der Waals surface area contributed by atoms with Crippen LogP contribution in [-0.2, 0) is 6.54 Å². The summed E-state index contributed by atoms with van der Waals surface area (Å²) in [4.78, 5) is 15.8. The average molecular weight is 308 g/mol. The zero-order valence-corrected chi connectivity index (χ0v) is 13.8. The van der Waals surface area contributed by atoms with Crippen molar-refractivity contribution >= 4 is 18.2 Å². The maximum Gasteiger partial charge on any atom is 0.155 e. The molecule has 0 unspecified atom stereocenters. The van der Waals surface area contributed by atoms with Crippen molar-refractivity contribution in [2.45, 2.75) is 51.6 Å². The highest BCUT2D eigenvalue weighted by Gasteiger charge is 2.24. The molecule has 2 heterocycles. The van der Waals surface area contributed by atoms with Gasteiger partial charge >= 0.3 is 0 Å². The Bertz CT molecular complexity index is 648. The van der Waals surface area contributed by atoms with Gasteiger partial charge in [0.1, 0.15) is 5.69 Å². The summed E-state index contributed by atoms with van der Waals surface area (Å²) < 4.78 is 0. The molecule has 1 aliphatic carbocycles. The molecule has 4 nitrogen and oxygen atoms in total. The zero-order valence-electron chi connectivity index (χ0n) is 13.8. The highest BCUT2D eigenvalue weighted by Crippen LogP contribution is 2.33. The Labute approximate surface area is 138 Å². The lowest BCUT2D eigenvalue weighted by molar-refractivity contribution is 0.410. The van der Waals surface area contributed by atoms with Gasteiger partial charge in [-0.05, 0) is 50.2 Å². The van der Waals surface area contributed by atoms with E-state index >= 15 is 0 Å². The minimum atomic E-state index is 0.501. The van der Waals surface area contributed by atoms with Crippen LogP contribution in [0.2, 0.25) is 0 Å². The van der Waals surface area contributed by atoms with Gasteiger partial charge in [0.05, 0.1) is 12.2 Å². The average Bonchev–Trinajstić information content (AvgIpc) is 2.61. The normalized spacial score (nSPS) is 15.3. The van der Waals surface area contributed by atoms with Gasteiger partial charge in [0.2, 0.25) is 0 Å². The number of aliphatic imine (C=N–C) groups is 1. The van der Waals surface area contributed by atoms with Crippen molar-refractivity contribution < 1.29 is 0 Å². The van der Waals surface area contributed by atoms with Crippen LogP contribution in [0.15, 0.2) is 41.7 Å². The van der Waals surface area contributed by atoms with E-state index in [1.165, 1.54) is 32.1 Å². The van der Waals surface area contributed by atoms with Crippen molar-refractivity contribution in [3.8, 4) is 0 Å². The van der Waals surface area contributed by atoms with E-state index in [1.54, 1.807) is 0 Å². The predicted molar refractivity (Wildman–Crippen MR) is 95.5 cm³/mol. The third kappa shape index (κ3) is 3.76. The molecule has 0 saturated heterocycles. The Hall–Kier alpha value is -2.23. The second-order valence-electron chi connectivity index (χ2n) is 6.25. The minimum absolute atomic E-state index is 0.501. The summed E-state index contributed by atoms with van der Waals surface area (Å²) in [5.41, 5.74) is 3.04. The third-order valence-electron chi connectivity index (χ3n) is 4.50. The van der Waals surface area contributed by atoms with Crippen LogP contribution < -0.4 is 4.90 Å². The molecule has 0 aliphatic heterocycles. The molecular formula is C19H24N4. The lowest BCUT2D eigenvalue weighted by Gasteiger charge is -2.35. The lowest BCUT2D eigenvalue weighted by atomic mass is 9.94. The highest BCUT2D eigenvalue weighted by atomic mass is 15.2. The Kier molecular flexibility index (Phi) is 5.01. The van der Waals surface area contributed by atoms with E-state index in [2.05, 4.69) is 38.7 Å². The summed E-state index contributed by atoms with van der Waals surface area (Å²) in [6.07, 6.45) is 10.1. The van der Waals surface area contributed by atoms with E-state index in [4.69, 9.17) is 0 Å². The summed E-state index contributed by atoms with van der Waals surface area (Å²) in [5, 5.41) is 0. The maximum atomic E-state index is 4.69. The van der Waals surface area contributed by atoms with Gasteiger partial charge in [0.15, 0.2) is 5.82 Å². The molecule has 0 bridgehead atoms. The van der Waals surface area contributed by atoms with Crippen LogP contribution in [0.1, 0.15) is 43.4 Å². The number of hydrogen-bond donors (Lipinski definition) is 0. The van der Waals surface area contributed by atoms with Crippen LogP contribution >= 0.6 is 0 Å². The van der Waals surface area contributed by atoms with Gasteiger partial charge in [-0.2, -0.15) is 0 Å². The first-order chi connectivity index (χ1) is 11.3. The van der Waals surface area contributed by atoms with E-state index in [9.17, 15) is 0 Å². The van der Waals surface area contributed by atoms with Crippen molar-refractivity contribution in [2.75, 3.05) is 4.90 Å². The Balaban J connectivity index is 1.95. The molecule has 2 aromatic rings. The summed E-state index contributed by atoms with van der Waals surface area (Å²) >= 11 is 0. The second kappa shape index (κ2) is 7.36. The van der Waals surface area contributed by atoms with Gasteiger partial charge in [-0.25, -0.2) is 4.98 Å². The summed E-state index contributed by atoms with van der Waals surface area (Å²) in [5.74, 6) is 0.933. The quantitative estimate of drug-likeness (QED) is 0.766. The first-order valence-electron chi connectivity index (χ1n) is 8.38. The van der Waals surface area contributed by atoms with Crippen molar-refractivity contribution in [1.29, 1.82) is 0 Å². The topological polar surface area (TPSA) is 41.4 Å². The molecule has 0 aromatic carbocycles. The third-order valence-corrected chi connectivity index (χ3v) is 4.50. The summed E-state index contributed by atoms with van der Waals surface area (Å²) in [6.45, 7) is 6.54. The molecule has 0 amide bonds. The fraction of sp³-hybridized carbons (Fsp3) is 0.421. The van der Waals surface area contributed by atoms with E-state index in [1.807, 2.05) is 31.5 Å². The molecule has 2 aromatic heterocycles. The van der Waals surface area contributed by atoms with Crippen molar-refractivity contribution in [2.24, 2.45) is 4.99 Å². The molecular weight excluding hydrogens is 284 g/mol. The van der Waals surface area contributed by atoms with Gasteiger partial charge < -0.3 is 4.90 Å². The first kappa shape index (κ1) is 15.7. The molecule has 0 N–H and O–H groups in total. The van der Waals surface area contributed by atoms with E-state index in [0.717, 1.165) is 29.3 Å². The number of anilines is 1. The number of aromatic nitrogens is 2. The molecule has 0 atom stereocenters. The van der Waals surface area contributed by atoms with Gasteiger partial charge in [0.25, 0.3) is 0 Å². The van der Waals surface area contributed by atoms with Crippen LogP contribution in [0.4, 0.5) is 11.5 Å². The molecule has 0 radical (unpaired) electrons. The SMILES string of the molecule is C=Nc1cc(C)cnc1N(Cc1ccccn1)C1CCCCC1. The minimum Gasteiger partial charge on any atom is -0.346 e. The van der Waals surface area contributed by atoms with Crippen molar-refractivity contribution in [3.05, 3.63) is 47.9 Å². The zero-order chi connectivity index (χ0) is 16.1. The molecule has 4 heteroatoms. The molecule has 0 spiro atoms. The number of hydrogen-bond acceptors (Lipinski definition) is 4. The number of pyridine rings is 2. The fourth-order valence-electron chi connectivity index (χ4n) is 3.32.